The molecule has 8 heteroatoms. The summed E-state index contributed by atoms with van der Waals surface area (Å²) < 4.78 is 10.5. The van der Waals surface area contributed by atoms with E-state index in [-0.39, 0.29) is 23.8 Å². The molecule has 8 nitrogen and oxygen atoms in total. The van der Waals surface area contributed by atoms with Gasteiger partial charge in [0.15, 0.2) is 11.5 Å². The van der Waals surface area contributed by atoms with Crippen LogP contribution in [0.1, 0.15) is 16.7 Å². The lowest BCUT2D eigenvalue weighted by molar-refractivity contribution is -0.122. The largest absolute Gasteiger partial charge is 0.507 e. The number of carbonyl (C=O) groups is 3. The van der Waals surface area contributed by atoms with E-state index >= 15 is 0 Å². The van der Waals surface area contributed by atoms with Crippen molar-refractivity contribution in [3.05, 3.63) is 52.6 Å². The van der Waals surface area contributed by atoms with E-state index in [0.29, 0.717) is 28.2 Å². The summed E-state index contributed by atoms with van der Waals surface area (Å²) in [6.45, 7) is 3.49. The Morgan fingerprint density at radius 1 is 1.04 bits per heavy atom. The lowest BCUT2D eigenvalue weighted by Gasteiger charge is -2.26. The Morgan fingerprint density at radius 3 is 2.43 bits per heavy atom. The minimum Gasteiger partial charge on any atom is -0.507 e. The first-order chi connectivity index (χ1) is 13.3. The number of ether oxygens (including phenoxy) is 2. The number of phenols is 1. The van der Waals surface area contributed by atoms with Crippen molar-refractivity contribution < 1.29 is 29.0 Å². The van der Waals surface area contributed by atoms with E-state index in [1.165, 1.54) is 18.2 Å². The summed E-state index contributed by atoms with van der Waals surface area (Å²) in [6.07, 6.45) is 1.39. The van der Waals surface area contributed by atoms with Crippen LogP contribution in [0.3, 0.4) is 0 Å². The smallest absolute Gasteiger partial charge is 0.335 e. The van der Waals surface area contributed by atoms with Crippen molar-refractivity contribution in [3.8, 4) is 17.2 Å². The number of benzene rings is 2. The van der Waals surface area contributed by atoms with Gasteiger partial charge in [-0.05, 0) is 60.9 Å². The average Bonchev–Trinajstić information content (AvgIpc) is 3.11. The number of fused-ring (bicyclic) bond motifs is 1. The van der Waals surface area contributed by atoms with Crippen LogP contribution >= 0.6 is 0 Å². The first-order valence-electron chi connectivity index (χ1n) is 8.46. The number of nitrogens with one attached hydrogen (secondary N) is 1. The van der Waals surface area contributed by atoms with Crippen molar-refractivity contribution in [1.29, 1.82) is 0 Å². The molecule has 0 unspecified atom stereocenters. The van der Waals surface area contributed by atoms with Crippen LogP contribution in [0, 0.1) is 13.8 Å². The van der Waals surface area contributed by atoms with Crippen LogP contribution in [0.5, 0.6) is 17.2 Å². The number of barbiturate groups is 1. The summed E-state index contributed by atoms with van der Waals surface area (Å²) in [5.41, 5.74) is 1.84. The van der Waals surface area contributed by atoms with Gasteiger partial charge in [-0.1, -0.05) is 0 Å². The number of urea groups is 1. The molecule has 2 aromatic carbocycles. The molecule has 2 aliphatic rings. The highest BCUT2D eigenvalue weighted by Gasteiger charge is 2.37. The van der Waals surface area contributed by atoms with Gasteiger partial charge in [-0.25, -0.2) is 9.69 Å². The van der Waals surface area contributed by atoms with Crippen LogP contribution in [0.2, 0.25) is 0 Å². The standard InChI is InChI=1S/C20H16N2O6/c1-10-5-12(6-11(2)17(10)23)7-14-18(24)21-20(26)22(19(14)25)13-3-4-15-16(8-13)28-9-27-15/h3-8,23H,9H2,1-2H3,(H,21,24,26)/b14-7+. The van der Waals surface area contributed by atoms with Crippen LogP contribution in [0.15, 0.2) is 35.9 Å². The van der Waals surface area contributed by atoms with E-state index in [2.05, 4.69) is 5.32 Å². The van der Waals surface area contributed by atoms with Gasteiger partial charge in [-0.15, -0.1) is 0 Å². The van der Waals surface area contributed by atoms with E-state index < -0.39 is 17.8 Å². The van der Waals surface area contributed by atoms with Gasteiger partial charge in [0, 0.05) is 6.07 Å². The van der Waals surface area contributed by atoms with Crippen molar-refractivity contribution in [3.63, 3.8) is 0 Å². The first-order valence-corrected chi connectivity index (χ1v) is 8.46. The van der Waals surface area contributed by atoms with Crippen molar-refractivity contribution >= 4 is 29.6 Å². The van der Waals surface area contributed by atoms with Gasteiger partial charge in [-0.2, -0.15) is 0 Å². The SMILES string of the molecule is Cc1cc(/C=C2\C(=O)NC(=O)N(c3ccc4c(c3)OCO4)C2=O)cc(C)c1O. The molecule has 4 amide bonds. The molecule has 2 N–H and O–H groups in total. The number of rotatable bonds is 2. The van der Waals surface area contributed by atoms with Crippen LogP contribution in [-0.4, -0.2) is 29.7 Å². The maximum atomic E-state index is 12.9. The second kappa shape index (κ2) is 6.41. The lowest BCUT2D eigenvalue weighted by atomic mass is 10.0. The Labute approximate surface area is 160 Å². The molecule has 1 fully saturated rings. The third-order valence-corrected chi connectivity index (χ3v) is 4.54. The molecule has 1 saturated heterocycles. The molecule has 0 spiro atoms. The van der Waals surface area contributed by atoms with Gasteiger partial charge >= 0.3 is 6.03 Å². The molecule has 2 heterocycles. The molecule has 142 valence electrons. The quantitative estimate of drug-likeness (QED) is 0.612. The zero-order valence-electron chi connectivity index (χ0n) is 15.1. The van der Waals surface area contributed by atoms with Crippen LogP contribution in [0.25, 0.3) is 6.08 Å². The highest BCUT2D eigenvalue weighted by molar-refractivity contribution is 6.39. The fraction of sp³-hybridized carbons (Fsp3) is 0.150. The van der Waals surface area contributed by atoms with E-state index in [4.69, 9.17) is 9.47 Å². The fourth-order valence-corrected chi connectivity index (χ4v) is 3.16. The van der Waals surface area contributed by atoms with Crippen molar-refractivity contribution in [2.24, 2.45) is 0 Å². The summed E-state index contributed by atoms with van der Waals surface area (Å²) in [7, 11) is 0. The van der Waals surface area contributed by atoms with Crippen LogP contribution in [0.4, 0.5) is 10.5 Å². The van der Waals surface area contributed by atoms with Gasteiger partial charge in [0.05, 0.1) is 5.69 Å². The van der Waals surface area contributed by atoms with E-state index in [0.717, 1.165) is 4.90 Å². The molecule has 0 aromatic heterocycles. The fourth-order valence-electron chi connectivity index (χ4n) is 3.16. The van der Waals surface area contributed by atoms with Gasteiger partial charge in [0.1, 0.15) is 11.3 Å². The van der Waals surface area contributed by atoms with Gasteiger partial charge in [0.25, 0.3) is 11.8 Å². The molecule has 28 heavy (non-hydrogen) atoms. The van der Waals surface area contributed by atoms with Crippen LogP contribution in [-0.2, 0) is 9.59 Å². The summed E-state index contributed by atoms with van der Waals surface area (Å²) >= 11 is 0. The Hall–Kier alpha value is -3.81. The first kappa shape index (κ1) is 17.6. The Kier molecular flexibility index (Phi) is 4.03. The number of nitrogens with zero attached hydrogens (tertiary/aromatic N) is 1. The van der Waals surface area contributed by atoms with E-state index in [9.17, 15) is 19.5 Å². The van der Waals surface area contributed by atoms with Crippen molar-refractivity contribution in [1.82, 2.24) is 5.32 Å². The normalized spacial score (nSPS) is 17.3. The number of anilines is 1. The summed E-state index contributed by atoms with van der Waals surface area (Å²) in [5, 5.41) is 12.1. The molecular weight excluding hydrogens is 364 g/mol. The Balaban J connectivity index is 1.74. The number of aromatic hydroxyl groups is 1. The molecule has 4 rings (SSSR count). The lowest BCUT2D eigenvalue weighted by Crippen LogP contribution is -2.54. The minimum atomic E-state index is -0.843. The number of imide groups is 2. The summed E-state index contributed by atoms with van der Waals surface area (Å²) in [6, 6.07) is 7.08. The number of hydrogen-bond acceptors (Lipinski definition) is 6. The predicted octanol–water partition coefficient (Wildman–Crippen LogP) is 2.40. The number of aryl methyl sites for hydroxylation is 2. The van der Waals surface area contributed by atoms with Gasteiger partial charge < -0.3 is 14.6 Å². The topological polar surface area (TPSA) is 105 Å². The van der Waals surface area contributed by atoms with Gasteiger partial charge in [-0.3, -0.25) is 14.9 Å². The summed E-state index contributed by atoms with van der Waals surface area (Å²) in [5.74, 6) is -0.467. The second-order valence-electron chi connectivity index (χ2n) is 6.50. The highest BCUT2D eigenvalue weighted by Crippen LogP contribution is 2.36. The number of carbonyl (C=O) groups excluding carboxylic acids is 3. The molecule has 0 atom stereocenters. The molecule has 0 radical (unpaired) electrons. The Bertz CT molecular complexity index is 1050. The zero-order chi connectivity index (χ0) is 20.0. The van der Waals surface area contributed by atoms with Gasteiger partial charge in [0.2, 0.25) is 6.79 Å². The molecule has 0 aliphatic carbocycles. The molecule has 2 aliphatic heterocycles. The monoisotopic (exact) mass is 380 g/mol. The summed E-state index contributed by atoms with van der Waals surface area (Å²) in [4.78, 5) is 38.4. The highest BCUT2D eigenvalue weighted by atomic mass is 16.7. The number of phenolic OH excluding ortho intramolecular Hbond substituents is 1. The minimum absolute atomic E-state index is 0.0577. The van der Waals surface area contributed by atoms with E-state index in [1.54, 1.807) is 32.0 Å². The van der Waals surface area contributed by atoms with Crippen LogP contribution < -0.4 is 19.7 Å². The predicted molar refractivity (Wildman–Crippen MR) is 99.1 cm³/mol. The Morgan fingerprint density at radius 2 is 1.71 bits per heavy atom. The van der Waals surface area contributed by atoms with E-state index in [1.807, 2.05) is 0 Å². The third kappa shape index (κ3) is 2.84. The van der Waals surface area contributed by atoms with Crippen molar-refractivity contribution in [2.45, 2.75) is 13.8 Å². The second-order valence-corrected chi connectivity index (χ2v) is 6.50. The van der Waals surface area contributed by atoms with Crippen molar-refractivity contribution in [2.75, 3.05) is 11.7 Å². The zero-order valence-corrected chi connectivity index (χ0v) is 15.1. The molecule has 0 saturated carbocycles. The maximum absolute atomic E-state index is 12.9. The number of hydrogen-bond donors (Lipinski definition) is 2. The number of amides is 4. The molecule has 2 aromatic rings. The molecular formula is C20H16N2O6. The third-order valence-electron chi connectivity index (χ3n) is 4.54. The average molecular weight is 380 g/mol. The molecule has 0 bridgehead atoms. The maximum Gasteiger partial charge on any atom is 0.335 e.